The molecule has 1 fully saturated rings. The Kier molecular flexibility index (Phi) is 7.70. The average molecular weight is 422 g/mol. The second-order valence-electron chi connectivity index (χ2n) is 7.11. The van der Waals surface area contributed by atoms with Crippen molar-refractivity contribution in [1.82, 2.24) is 9.47 Å². The van der Waals surface area contributed by atoms with E-state index in [4.69, 9.17) is 15.2 Å². The van der Waals surface area contributed by atoms with Gasteiger partial charge in [0.25, 0.3) is 11.5 Å². The first-order valence-electron chi connectivity index (χ1n) is 9.40. The maximum Gasteiger partial charge on any atom is 0.263 e. The first-order valence-corrected chi connectivity index (χ1v) is 9.40. The van der Waals surface area contributed by atoms with Gasteiger partial charge in [-0.1, -0.05) is 6.07 Å². The number of halogens is 1. The van der Waals surface area contributed by atoms with Gasteiger partial charge < -0.3 is 24.7 Å². The lowest BCUT2D eigenvalue weighted by molar-refractivity contribution is 0.0787. The number of methoxy groups -OCH3 is 2. The fraction of sp³-hybridized carbons (Fsp3) is 0.429. The SMILES string of the molecule is COc1ccc(CCn2ccc(C)c(C(=O)N3CCC(N)C3)c2=O)cc1OC.Cl. The number of ether oxygens (including phenoxy) is 2. The molecule has 0 radical (unpaired) electrons. The summed E-state index contributed by atoms with van der Waals surface area (Å²) in [5.74, 6) is 1.09. The molecule has 1 aliphatic rings. The average Bonchev–Trinajstić information content (AvgIpc) is 3.13. The van der Waals surface area contributed by atoms with Crippen LogP contribution in [0.1, 0.15) is 27.9 Å². The number of carbonyl (C=O) groups excluding carboxylic acids is 1. The Hall–Kier alpha value is -2.51. The van der Waals surface area contributed by atoms with E-state index >= 15 is 0 Å². The van der Waals surface area contributed by atoms with E-state index in [2.05, 4.69) is 0 Å². The van der Waals surface area contributed by atoms with Crippen molar-refractivity contribution in [2.75, 3.05) is 27.3 Å². The van der Waals surface area contributed by atoms with Crippen LogP contribution in [0.25, 0.3) is 0 Å². The van der Waals surface area contributed by atoms with E-state index < -0.39 is 0 Å². The number of likely N-dealkylation sites (tertiary alicyclic amines) is 1. The third-order valence-corrected chi connectivity index (χ3v) is 5.19. The molecule has 2 N–H and O–H groups in total. The Labute approximate surface area is 176 Å². The zero-order chi connectivity index (χ0) is 20.3. The number of hydrogen-bond acceptors (Lipinski definition) is 5. The van der Waals surface area contributed by atoms with Gasteiger partial charge in [-0.2, -0.15) is 0 Å². The normalized spacial score (nSPS) is 15.7. The molecule has 3 rings (SSSR count). The highest BCUT2D eigenvalue weighted by molar-refractivity contribution is 5.95. The summed E-state index contributed by atoms with van der Waals surface area (Å²) >= 11 is 0. The first-order chi connectivity index (χ1) is 13.4. The molecular weight excluding hydrogens is 394 g/mol. The molecule has 0 bridgehead atoms. The lowest BCUT2D eigenvalue weighted by Gasteiger charge is -2.18. The number of amides is 1. The van der Waals surface area contributed by atoms with Gasteiger partial charge in [-0.25, -0.2) is 0 Å². The zero-order valence-electron chi connectivity index (χ0n) is 17.0. The van der Waals surface area contributed by atoms with Crippen LogP contribution in [0.15, 0.2) is 35.3 Å². The van der Waals surface area contributed by atoms with E-state index in [0.717, 1.165) is 12.0 Å². The van der Waals surface area contributed by atoms with Crippen molar-refractivity contribution in [2.45, 2.75) is 32.4 Å². The number of carbonyl (C=O) groups is 1. The summed E-state index contributed by atoms with van der Waals surface area (Å²) in [6.07, 6.45) is 3.14. The molecule has 158 valence electrons. The van der Waals surface area contributed by atoms with E-state index in [9.17, 15) is 9.59 Å². The largest absolute Gasteiger partial charge is 0.493 e. The Morgan fingerprint density at radius 3 is 2.55 bits per heavy atom. The molecule has 1 saturated heterocycles. The molecule has 2 aromatic rings. The molecule has 1 aliphatic heterocycles. The van der Waals surface area contributed by atoms with Gasteiger partial charge in [-0.05, 0) is 49.1 Å². The lowest BCUT2D eigenvalue weighted by Crippen LogP contribution is -2.37. The molecule has 1 atom stereocenters. The number of aromatic nitrogens is 1. The van der Waals surface area contributed by atoms with E-state index in [1.54, 1.807) is 36.8 Å². The Balaban J connectivity index is 0.00000300. The number of aryl methyl sites for hydroxylation is 3. The maximum absolute atomic E-state index is 13.0. The molecule has 1 unspecified atom stereocenters. The topological polar surface area (TPSA) is 86.8 Å². The maximum atomic E-state index is 13.0. The molecule has 0 aliphatic carbocycles. The summed E-state index contributed by atoms with van der Waals surface area (Å²) in [5, 5.41) is 0. The summed E-state index contributed by atoms with van der Waals surface area (Å²) in [5.41, 5.74) is 7.60. The Morgan fingerprint density at radius 1 is 1.21 bits per heavy atom. The smallest absolute Gasteiger partial charge is 0.263 e. The quantitative estimate of drug-likeness (QED) is 0.771. The zero-order valence-corrected chi connectivity index (χ0v) is 17.8. The van der Waals surface area contributed by atoms with Crippen LogP contribution in [0.5, 0.6) is 11.5 Å². The number of rotatable bonds is 6. The molecule has 1 aromatic carbocycles. The summed E-state index contributed by atoms with van der Waals surface area (Å²) < 4.78 is 12.2. The van der Waals surface area contributed by atoms with Crippen molar-refractivity contribution < 1.29 is 14.3 Å². The summed E-state index contributed by atoms with van der Waals surface area (Å²) in [6.45, 7) is 3.36. The van der Waals surface area contributed by atoms with Crippen LogP contribution in [-0.2, 0) is 13.0 Å². The van der Waals surface area contributed by atoms with Crippen molar-refractivity contribution in [1.29, 1.82) is 0 Å². The third kappa shape index (κ3) is 4.92. The van der Waals surface area contributed by atoms with Gasteiger partial charge in [0.1, 0.15) is 5.56 Å². The Bertz CT molecular complexity index is 929. The van der Waals surface area contributed by atoms with Crippen LogP contribution >= 0.6 is 12.4 Å². The molecule has 2 heterocycles. The van der Waals surface area contributed by atoms with Gasteiger partial charge in [0.15, 0.2) is 11.5 Å². The number of nitrogens with zero attached hydrogens (tertiary/aromatic N) is 2. The molecule has 1 amide bonds. The standard InChI is InChI=1S/C21H27N3O4.ClH/c1-14-6-9-23(10-7-15-4-5-17(27-2)18(12-15)28-3)20(25)19(14)21(26)24-11-8-16(22)13-24;/h4-6,9,12,16H,7-8,10-11,13,22H2,1-3H3;1H. The monoisotopic (exact) mass is 421 g/mol. The van der Waals surface area contributed by atoms with Crippen LogP contribution in [0.3, 0.4) is 0 Å². The Morgan fingerprint density at radius 2 is 1.93 bits per heavy atom. The molecular formula is C21H28ClN3O4. The van der Waals surface area contributed by atoms with Crippen molar-refractivity contribution in [3.8, 4) is 11.5 Å². The van der Waals surface area contributed by atoms with Gasteiger partial charge in [0.05, 0.1) is 14.2 Å². The minimum Gasteiger partial charge on any atom is -0.493 e. The number of benzene rings is 1. The molecule has 8 heteroatoms. The fourth-order valence-electron chi connectivity index (χ4n) is 3.52. The predicted octanol–water partition coefficient (Wildman–Crippen LogP) is 2.01. The van der Waals surface area contributed by atoms with Crippen molar-refractivity contribution in [3.63, 3.8) is 0 Å². The highest BCUT2D eigenvalue weighted by atomic mass is 35.5. The first kappa shape index (κ1) is 22.8. The van der Waals surface area contributed by atoms with E-state index in [1.165, 1.54) is 0 Å². The predicted molar refractivity (Wildman–Crippen MR) is 114 cm³/mol. The highest BCUT2D eigenvalue weighted by Crippen LogP contribution is 2.27. The van der Waals surface area contributed by atoms with Crippen LogP contribution < -0.4 is 20.8 Å². The summed E-state index contributed by atoms with van der Waals surface area (Å²) in [7, 11) is 3.18. The number of pyridine rings is 1. The van der Waals surface area contributed by atoms with Crippen molar-refractivity contribution in [3.05, 3.63) is 57.5 Å². The molecule has 7 nitrogen and oxygen atoms in total. The van der Waals surface area contributed by atoms with Crippen LogP contribution in [0.2, 0.25) is 0 Å². The minimum absolute atomic E-state index is 0. The van der Waals surface area contributed by atoms with E-state index in [1.807, 2.05) is 24.3 Å². The summed E-state index contributed by atoms with van der Waals surface area (Å²) in [6, 6.07) is 7.49. The van der Waals surface area contributed by atoms with Gasteiger partial charge in [-0.15, -0.1) is 12.4 Å². The fourth-order valence-corrected chi connectivity index (χ4v) is 3.52. The third-order valence-electron chi connectivity index (χ3n) is 5.19. The second kappa shape index (κ2) is 9.80. The number of hydrogen-bond donors (Lipinski definition) is 1. The molecule has 0 saturated carbocycles. The van der Waals surface area contributed by atoms with Gasteiger partial charge >= 0.3 is 0 Å². The van der Waals surface area contributed by atoms with Crippen LogP contribution in [-0.4, -0.2) is 48.7 Å². The van der Waals surface area contributed by atoms with Gasteiger partial charge in [0, 0.05) is 31.9 Å². The van der Waals surface area contributed by atoms with Crippen LogP contribution in [0.4, 0.5) is 0 Å². The number of nitrogens with two attached hydrogens (primary N) is 1. The van der Waals surface area contributed by atoms with Crippen molar-refractivity contribution in [2.24, 2.45) is 5.73 Å². The minimum atomic E-state index is -0.258. The van der Waals surface area contributed by atoms with E-state index in [0.29, 0.717) is 43.1 Å². The highest BCUT2D eigenvalue weighted by Gasteiger charge is 2.27. The molecule has 0 spiro atoms. The summed E-state index contributed by atoms with van der Waals surface area (Å²) in [4.78, 5) is 27.5. The van der Waals surface area contributed by atoms with Crippen LogP contribution in [0, 0.1) is 6.92 Å². The van der Waals surface area contributed by atoms with Gasteiger partial charge in [0.2, 0.25) is 0 Å². The molecule has 1 aromatic heterocycles. The van der Waals surface area contributed by atoms with Crippen molar-refractivity contribution >= 4 is 18.3 Å². The second-order valence-corrected chi connectivity index (χ2v) is 7.11. The van der Waals surface area contributed by atoms with E-state index in [-0.39, 0.29) is 35.5 Å². The molecule has 29 heavy (non-hydrogen) atoms. The van der Waals surface area contributed by atoms with Gasteiger partial charge in [-0.3, -0.25) is 9.59 Å². The lowest BCUT2D eigenvalue weighted by atomic mass is 10.1.